The Morgan fingerprint density at radius 2 is 1.86 bits per heavy atom. The van der Waals surface area contributed by atoms with Crippen LogP contribution in [0, 0.1) is 16.6 Å². The fourth-order valence-corrected chi connectivity index (χ4v) is 3.30. The van der Waals surface area contributed by atoms with E-state index in [0.29, 0.717) is 28.3 Å². The molecule has 2 rings (SSSR count). The van der Waals surface area contributed by atoms with Crippen LogP contribution < -0.4 is 20.1 Å². The number of carbonyl (C=O) groups is 1. The molecule has 198 valence electrons. The minimum absolute atomic E-state index is 0.0963. The molecule has 2 atom stereocenters. The summed E-state index contributed by atoms with van der Waals surface area (Å²) in [5.41, 5.74) is 1.36. The Balaban J connectivity index is 2.37. The van der Waals surface area contributed by atoms with Gasteiger partial charge in [0.05, 0.1) is 13.2 Å². The zero-order valence-electron chi connectivity index (χ0n) is 22.1. The van der Waals surface area contributed by atoms with Crippen molar-refractivity contribution >= 4 is 17.8 Å². The van der Waals surface area contributed by atoms with Crippen molar-refractivity contribution in [2.45, 2.75) is 46.8 Å². The number of halogens is 2. The molecule has 0 aliphatic carbocycles. The summed E-state index contributed by atoms with van der Waals surface area (Å²) in [6.07, 6.45) is 4.50. The average molecular weight is 512 g/mol. The van der Waals surface area contributed by atoms with Crippen molar-refractivity contribution in [1.29, 1.82) is 5.41 Å². The maximum atomic E-state index is 14.5. The molecule has 0 spiro atoms. The standard InChI is InChI=1S/C29H35F2N3O3/c1-8-22(30)11-9-18(2)33-25-13-12-23(15-21(25)17-32)37-27(19(3)34-28(35)29(4,5)6)20-10-14-26(36-7)24(31)16-20/h8-17,19,27,32-33H,2H2,1,3-7H3,(H,34,35)/b11-9-,22-8+,32-17?/t19?,27-/m0/s1. The highest BCUT2D eigenvalue weighted by Crippen LogP contribution is 2.31. The van der Waals surface area contributed by atoms with Gasteiger partial charge in [-0.2, -0.15) is 0 Å². The van der Waals surface area contributed by atoms with Crippen molar-refractivity contribution in [3.05, 3.63) is 89.7 Å². The molecule has 37 heavy (non-hydrogen) atoms. The van der Waals surface area contributed by atoms with Gasteiger partial charge in [-0.3, -0.25) is 4.79 Å². The molecule has 0 radical (unpaired) electrons. The van der Waals surface area contributed by atoms with Crippen LogP contribution in [0.25, 0.3) is 0 Å². The Morgan fingerprint density at radius 1 is 1.16 bits per heavy atom. The smallest absolute Gasteiger partial charge is 0.225 e. The number of hydrogen-bond acceptors (Lipinski definition) is 5. The molecule has 3 N–H and O–H groups in total. The quantitative estimate of drug-likeness (QED) is 0.227. The summed E-state index contributed by atoms with van der Waals surface area (Å²) in [5.74, 6) is -0.623. The van der Waals surface area contributed by atoms with E-state index in [0.717, 1.165) is 6.21 Å². The van der Waals surface area contributed by atoms with E-state index in [-0.39, 0.29) is 11.7 Å². The van der Waals surface area contributed by atoms with Gasteiger partial charge >= 0.3 is 0 Å². The highest BCUT2D eigenvalue weighted by atomic mass is 19.1. The Hall–Kier alpha value is -3.94. The fraction of sp³-hybridized carbons (Fsp3) is 0.310. The number of allylic oxidation sites excluding steroid dienone is 4. The van der Waals surface area contributed by atoms with Crippen LogP contribution in [-0.4, -0.2) is 25.3 Å². The summed E-state index contributed by atoms with van der Waals surface area (Å²) >= 11 is 0. The molecule has 6 nitrogen and oxygen atoms in total. The van der Waals surface area contributed by atoms with Crippen molar-refractivity contribution in [2.24, 2.45) is 5.41 Å². The number of carbonyl (C=O) groups excluding carboxylic acids is 1. The summed E-state index contributed by atoms with van der Waals surface area (Å²) in [6.45, 7) is 12.6. The van der Waals surface area contributed by atoms with Crippen LogP contribution in [0.4, 0.5) is 14.5 Å². The summed E-state index contributed by atoms with van der Waals surface area (Å²) < 4.78 is 39.2. The topological polar surface area (TPSA) is 83.4 Å². The molecule has 1 unspecified atom stereocenters. The van der Waals surface area contributed by atoms with Gasteiger partial charge < -0.3 is 25.5 Å². The predicted molar refractivity (Wildman–Crippen MR) is 144 cm³/mol. The lowest BCUT2D eigenvalue weighted by Crippen LogP contribution is -2.44. The minimum Gasteiger partial charge on any atom is -0.494 e. The summed E-state index contributed by atoms with van der Waals surface area (Å²) in [5, 5.41) is 13.8. The molecule has 2 aromatic carbocycles. The first-order chi connectivity index (χ1) is 17.4. The van der Waals surface area contributed by atoms with Crippen LogP contribution in [0.1, 0.15) is 51.8 Å². The third-order valence-corrected chi connectivity index (χ3v) is 5.45. The zero-order chi connectivity index (χ0) is 27.8. The van der Waals surface area contributed by atoms with E-state index in [1.807, 2.05) is 0 Å². The summed E-state index contributed by atoms with van der Waals surface area (Å²) in [6, 6.07) is 9.01. The van der Waals surface area contributed by atoms with E-state index in [9.17, 15) is 13.6 Å². The SMILES string of the molecule is C=C(/C=C\C(F)=C/C)Nc1ccc(O[C@H](c2ccc(OC)c(F)c2)C(C)NC(=O)C(C)(C)C)cc1C=N. The number of benzene rings is 2. The van der Waals surface area contributed by atoms with E-state index in [4.69, 9.17) is 14.9 Å². The molecule has 0 aromatic heterocycles. The Bertz CT molecular complexity index is 1200. The first-order valence-corrected chi connectivity index (χ1v) is 11.8. The second-order valence-corrected chi connectivity index (χ2v) is 9.50. The van der Waals surface area contributed by atoms with Gasteiger partial charge in [-0.1, -0.05) is 39.5 Å². The zero-order valence-corrected chi connectivity index (χ0v) is 22.1. The first-order valence-electron chi connectivity index (χ1n) is 11.8. The lowest BCUT2D eigenvalue weighted by atomic mass is 9.94. The van der Waals surface area contributed by atoms with Crippen LogP contribution >= 0.6 is 0 Å². The van der Waals surface area contributed by atoms with Gasteiger partial charge in [0.15, 0.2) is 11.6 Å². The lowest BCUT2D eigenvalue weighted by molar-refractivity contribution is -0.129. The minimum atomic E-state index is -0.745. The molecule has 0 fully saturated rings. The van der Waals surface area contributed by atoms with Gasteiger partial charge in [-0.05, 0) is 61.9 Å². The lowest BCUT2D eigenvalue weighted by Gasteiger charge is -2.29. The molecule has 0 saturated carbocycles. The summed E-state index contributed by atoms with van der Waals surface area (Å²) in [4.78, 5) is 12.7. The van der Waals surface area contributed by atoms with Gasteiger partial charge in [0.2, 0.25) is 5.91 Å². The van der Waals surface area contributed by atoms with E-state index in [1.165, 1.54) is 37.5 Å². The number of anilines is 1. The highest BCUT2D eigenvalue weighted by molar-refractivity contribution is 5.87. The van der Waals surface area contributed by atoms with Crippen molar-refractivity contribution in [3.63, 3.8) is 0 Å². The molecule has 0 bridgehead atoms. The Kier molecular flexibility index (Phi) is 10.2. The Morgan fingerprint density at radius 3 is 2.43 bits per heavy atom. The molecule has 0 heterocycles. The van der Waals surface area contributed by atoms with Crippen LogP contribution in [0.2, 0.25) is 0 Å². The molecule has 2 aromatic rings. The van der Waals surface area contributed by atoms with Crippen LogP contribution in [0.5, 0.6) is 11.5 Å². The largest absolute Gasteiger partial charge is 0.494 e. The van der Waals surface area contributed by atoms with Crippen LogP contribution in [0.3, 0.4) is 0 Å². The third-order valence-electron chi connectivity index (χ3n) is 5.45. The number of ether oxygens (including phenoxy) is 2. The number of rotatable bonds is 11. The van der Waals surface area contributed by atoms with Crippen molar-refractivity contribution in [3.8, 4) is 11.5 Å². The normalized spacial score (nSPS) is 13.6. The molecule has 8 heteroatoms. The van der Waals surface area contributed by atoms with E-state index >= 15 is 0 Å². The van der Waals surface area contributed by atoms with E-state index in [1.54, 1.807) is 58.9 Å². The van der Waals surface area contributed by atoms with Crippen molar-refractivity contribution in [1.82, 2.24) is 5.32 Å². The van der Waals surface area contributed by atoms with E-state index in [2.05, 4.69) is 17.2 Å². The molecule has 1 amide bonds. The van der Waals surface area contributed by atoms with E-state index < -0.39 is 29.2 Å². The fourth-order valence-electron chi connectivity index (χ4n) is 3.30. The molecular weight excluding hydrogens is 476 g/mol. The van der Waals surface area contributed by atoms with Crippen molar-refractivity contribution < 1.29 is 23.0 Å². The van der Waals surface area contributed by atoms with Crippen molar-refractivity contribution in [2.75, 3.05) is 12.4 Å². The molecular formula is C29H35F2N3O3. The monoisotopic (exact) mass is 511 g/mol. The molecule has 0 aliphatic rings. The van der Waals surface area contributed by atoms with Crippen LogP contribution in [-0.2, 0) is 4.79 Å². The van der Waals surface area contributed by atoms with Gasteiger partial charge in [0.1, 0.15) is 17.7 Å². The first kappa shape index (κ1) is 29.3. The predicted octanol–water partition coefficient (Wildman–Crippen LogP) is 6.86. The summed E-state index contributed by atoms with van der Waals surface area (Å²) in [7, 11) is 1.38. The Labute approximate surface area is 217 Å². The van der Waals surface area contributed by atoms with Crippen LogP contribution in [0.15, 0.2) is 72.7 Å². The number of methoxy groups -OCH3 is 1. The average Bonchev–Trinajstić information content (AvgIpc) is 2.85. The second-order valence-electron chi connectivity index (χ2n) is 9.50. The van der Waals surface area contributed by atoms with Gasteiger partial charge in [-0.25, -0.2) is 8.78 Å². The molecule has 0 saturated heterocycles. The number of nitrogens with one attached hydrogen (secondary N) is 3. The second kappa shape index (κ2) is 12.9. The highest BCUT2D eigenvalue weighted by Gasteiger charge is 2.29. The van der Waals surface area contributed by atoms with Gasteiger partial charge in [0, 0.05) is 28.6 Å². The van der Waals surface area contributed by atoms with Gasteiger partial charge in [-0.15, -0.1) is 0 Å². The maximum Gasteiger partial charge on any atom is 0.225 e. The maximum absolute atomic E-state index is 14.5. The molecule has 0 aliphatic heterocycles. The number of hydrogen-bond donors (Lipinski definition) is 3. The number of amides is 1. The van der Waals surface area contributed by atoms with Gasteiger partial charge in [0.25, 0.3) is 0 Å². The third kappa shape index (κ3) is 8.31.